The minimum absolute atomic E-state index is 0. The Morgan fingerprint density at radius 3 is 1.23 bits per heavy atom. The van der Waals surface area contributed by atoms with E-state index in [-0.39, 0.29) is 19.5 Å². The summed E-state index contributed by atoms with van der Waals surface area (Å²) >= 11 is 0. The van der Waals surface area contributed by atoms with Crippen molar-refractivity contribution in [2.75, 3.05) is 5.73 Å². The molecule has 40 heavy (non-hydrogen) atoms. The second-order valence-corrected chi connectivity index (χ2v) is 8.30. The van der Waals surface area contributed by atoms with E-state index in [2.05, 4.69) is 29.9 Å². The first-order chi connectivity index (χ1) is 19.3. The summed E-state index contributed by atoms with van der Waals surface area (Å²) in [6, 6.07) is 32.9. The summed E-state index contributed by atoms with van der Waals surface area (Å²) in [7, 11) is 0. The Labute approximate surface area is 245 Å². The summed E-state index contributed by atoms with van der Waals surface area (Å²) in [5.74, 6) is 0. The molecule has 0 aliphatic heterocycles. The van der Waals surface area contributed by atoms with Crippen LogP contribution in [0.15, 0.2) is 140 Å². The minimum Gasteiger partial charge on any atom is -0.398 e. The largest absolute Gasteiger partial charge is 0.398 e. The molecule has 0 atom stereocenters. The molecule has 6 heterocycles. The Bertz CT molecular complexity index is 1600. The molecule has 7 aromatic rings. The summed E-state index contributed by atoms with van der Waals surface area (Å²) in [5, 5.41) is 1.99. The molecule has 1 aromatic carbocycles. The molecule has 0 fully saturated rings. The predicted molar refractivity (Wildman–Crippen MR) is 156 cm³/mol. The van der Waals surface area contributed by atoms with Crippen LogP contribution in [0.4, 0.5) is 5.69 Å². The average Bonchev–Trinajstić information content (AvgIpc) is 3.04. The van der Waals surface area contributed by atoms with Crippen LogP contribution in [0.2, 0.25) is 0 Å². The Kier molecular flexibility index (Phi) is 10.0. The molecule has 0 radical (unpaired) electrons. The van der Waals surface area contributed by atoms with Crippen molar-refractivity contribution in [2.24, 2.45) is 0 Å². The fraction of sp³-hybridized carbons (Fsp3) is 0. The van der Waals surface area contributed by atoms with Crippen LogP contribution in [0.25, 0.3) is 44.6 Å². The van der Waals surface area contributed by atoms with Crippen LogP contribution < -0.4 is 5.73 Å². The van der Waals surface area contributed by atoms with Gasteiger partial charge >= 0.3 is 0 Å². The molecule has 7 rings (SSSR count). The van der Waals surface area contributed by atoms with Gasteiger partial charge in [-0.05, 0) is 72.8 Å². The Morgan fingerprint density at radius 1 is 0.400 bits per heavy atom. The maximum absolute atomic E-state index is 5.95. The standard InChI is InChI=1S/C12H9N3.2C10H8N2.Ru/c13-10-7-8-3-1-5-14-11(8)12-9(10)4-2-6-15-12;2*1-3-7-11-9(5-1)10-6-2-4-8-12-10;/h1-7H,13H2;2*1-8H;. The van der Waals surface area contributed by atoms with Crippen LogP contribution in [-0.2, 0) is 19.5 Å². The summed E-state index contributed by atoms with van der Waals surface area (Å²) in [4.78, 5) is 25.4. The number of nitrogens with zero attached hydrogens (tertiary/aromatic N) is 6. The summed E-state index contributed by atoms with van der Waals surface area (Å²) in [6.45, 7) is 0. The number of nitrogen functional groups attached to an aromatic ring is 1. The second kappa shape index (κ2) is 14.3. The molecule has 0 unspecified atom stereocenters. The van der Waals surface area contributed by atoms with E-state index in [0.717, 1.165) is 50.3 Å². The number of aromatic nitrogens is 6. The van der Waals surface area contributed by atoms with Gasteiger partial charge in [-0.15, -0.1) is 0 Å². The number of hydrogen-bond donors (Lipinski definition) is 1. The number of anilines is 1. The van der Waals surface area contributed by atoms with Gasteiger partial charge in [0, 0.05) is 73.1 Å². The molecular weight excluding hydrogens is 583 g/mol. The molecule has 0 spiro atoms. The fourth-order valence-corrected chi connectivity index (χ4v) is 3.86. The Morgan fingerprint density at radius 2 is 0.800 bits per heavy atom. The molecule has 2 N–H and O–H groups in total. The van der Waals surface area contributed by atoms with Crippen molar-refractivity contribution in [1.29, 1.82) is 0 Å². The van der Waals surface area contributed by atoms with E-state index in [0.29, 0.717) is 0 Å². The van der Waals surface area contributed by atoms with Crippen LogP contribution in [-0.4, -0.2) is 29.9 Å². The van der Waals surface area contributed by atoms with Gasteiger partial charge in [0.1, 0.15) is 0 Å². The van der Waals surface area contributed by atoms with E-state index in [1.54, 1.807) is 37.2 Å². The molecule has 0 aliphatic carbocycles. The molecule has 0 aliphatic rings. The molecule has 7 nitrogen and oxygen atoms in total. The molecule has 0 amide bonds. The number of hydrogen-bond acceptors (Lipinski definition) is 7. The topological polar surface area (TPSA) is 103 Å². The third kappa shape index (κ3) is 7.13. The molecule has 0 bridgehead atoms. The molecule has 196 valence electrons. The van der Waals surface area contributed by atoms with Gasteiger partial charge in [0.2, 0.25) is 0 Å². The summed E-state index contributed by atoms with van der Waals surface area (Å²) in [5.41, 5.74) is 12.1. The fourth-order valence-electron chi connectivity index (χ4n) is 3.86. The monoisotopic (exact) mass is 609 g/mol. The van der Waals surface area contributed by atoms with Crippen LogP contribution >= 0.6 is 0 Å². The molecule has 6 aromatic heterocycles. The molecular formula is C32H25N7Ru. The van der Waals surface area contributed by atoms with Gasteiger partial charge in [-0.3, -0.25) is 29.9 Å². The molecule has 8 heteroatoms. The van der Waals surface area contributed by atoms with Crippen LogP contribution in [0, 0.1) is 0 Å². The number of rotatable bonds is 2. The maximum Gasteiger partial charge on any atom is 0.0985 e. The molecule has 0 saturated carbocycles. The minimum atomic E-state index is 0. The maximum atomic E-state index is 5.95. The van der Waals surface area contributed by atoms with Crippen LogP contribution in [0.1, 0.15) is 0 Å². The van der Waals surface area contributed by atoms with Crippen molar-refractivity contribution in [1.82, 2.24) is 29.9 Å². The number of benzene rings is 1. The quantitative estimate of drug-likeness (QED) is 0.133. The summed E-state index contributed by atoms with van der Waals surface area (Å²) < 4.78 is 0. The van der Waals surface area contributed by atoms with Crippen molar-refractivity contribution in [2.45, 2.75) is 0 Å². The van der Waals surface area contributed by atoms with Gasteiger partial charge < -0.3 is 5.73 Å². The number of fused-ring (bicyclic) bond motifs is 3. The van der Waals surface area contributed by atoms with Gasteiger partial charge in [0.15, 0.2) is 0 Å². The van der Waals surface area contributed by atoms with Crippen molar-refractivity contribution in [3.8, 4) is 22.8 Å². The van der Waals surface area contributed by atoms with E-state index in [1.165, 1.54) is 0 Å². The number of pyridine rings is 6. The normalized spacial score (nSPS) is 9.90. The van der Waals surface area contributed by atoms with Crippen LogP contribution in [0.3, 0.4) is 0 Å². The van der Waals surface area contributed by atoms with Crippen molar-refractivity contribution in [3.63, 3.8) is 0 Å². The van der Waals surface area contributed by atoms with E-state index < -0.39 is 0 Å². The average molecular weight is 609 g/mol. The van der Waals surface area contributed by atoms with E-state index in [4.69, 9.17) is 5.73 Å². The van der Waals surface area contributed by atoms with Gasteiger partial charge in [0.25, 0.3) is 0 Å². The number of nitrogens with two attached hydrogens (primary N) is 1. The molecule has 0 saturated heterocycles. The zero-order valence-corrected chi connectivity index (χ0v) is 23.1. The first kappa shape index (κ1) is 28.1. The van der Waals surface area contributed by atoms with Gasteiger partial charge in [0.05, 0.1) is 33.8 Å². The van der Waals surface area contributed by atoms with Crippen LogP contribution in [0.5, 0.6) is 0 Å². The van der Waals surface area contributed by atoms with Gasteiger partial charge in [-0.1, -0.05) is 30.3 Å². The van der Waals surface area contributed by atoms with Crippen molar-refractivity contribution >= 4 is 27.5 Å². The zero-order chi connectivity index (χ0) is 26.7. The first-order valence-electron chi connectivity index (χ1n) is 12.3. The van der Waals surface area contributed by atoms with Crippen molar-refractivity contribution < 1.29 is 19.5 Å². The third-order valence-electron chi connectivity index (χ3n) is 5.68. The van der Waals surface area contributed by atoms with E-state index >= 15 is 0 Å². The SMILES string of the molecule is Nc1cc2cccnc2c2ncccc12.[Ru].c1ccc(-c2ccccn2)nc1.c1ccc(-c2ccccn2)nc1. The van der Waals surface area contributed by atoms with E-state index in [1.807, 2.05) is 103 Å². The van der Waals surface area contributed by atoms with Gasteiger partial charge in [-0.25, -0.2) is 0 Å². The van der Waals surface area contributed by atoms with E-state index in [9.17, 15) is 0 Å². The Balaban J connectivity index is 0.000000138. The Hall–Kier alpha value is -4.94. The van der Waals surface area contributed by atoms with Gasteiger partial charge in [-0.2, -0.15) is 0 Å². The third-order valence-corrected chi connectivity index (χ3v) is 5.68. The predicted octanol–water partition coefficient (Wildman–Crippen LogP) is 6.65. The second-order valence-electron chi connectivity index (χ2n) is 8.30. The zero-order valence-electron chi connectivity index (χ0n) is 21.4. The first-order valence-corrected chi connectivity index (χ1v) is 12.3. The van der Waals surface area contributed by atoms with Crippen molar-refractivity contribution in [3.05, 3.63) is 140 Å². The summed E-state index contributed by atoms with van der Waals surface area (Å²) in [6.07, 6.45) is 10.6. The smallest absolute Gasteiger partial charge is 0.0985 e.